The summed E-state index contributed by atoms with van der Waals surface area (Å²) in [5, 5.41) is 6.11. The van der Waals surface area contributed by atoms with Gasteiger partial charge in [0.25, 0.3) is 5.91 Å². The van der Waals surface area contributed by atoms with Crippen molar-refractivity contribution >= 4 is 17.5 Å². The summed E-state index contributed by atoms with van der Waals surface area (Å²) in [5.74, 6) is 0.371. The summed E-state index contributed by atoms with van der Waals surface area (Å²) in [4.78, 5) is 12.6. The van der Waals surface area contributed by atoms with Crippen LogP contribution < -0.4 is 10.7 Å². The second kappa shape index (κ2) is 4.75. The molecule has 1 saturated heterocycles. The Bertz CT molecular complexity index is 625. The van der Waals surface area contributed by atoms with Crippen LogP contribution in [-0.2, 0) is 4.79 Å². The van der Waals surface area contributed by atoms with Gasteiger partial charge in [0.15, 0.2) is 0 Å². The predicted octanol–water partition coefficient (Wildman–Crippen LogP) is 2.53. The monoisotopic (exact) mass is 303 g/mol. The number of carbonyl (C=O) groups excluding carboxylic acids is 1. The van der Waals surface area contributed by atoms with Gasteiger partial charge in [-0.05, 0) is 43.9 Å². The molecule has 0 spiro atoms. The molecule has 3 atom stereocenters. The highest BCUT2D eigenvalue weighted by atomic mass is 35.5. The number of amides is 1. The summed E-state index contributed by atoms with van der Waals surface area (Å²) in [6, 6.07) is 8.14. The van der Waals surface area contributed by atoms with Gasteiger partial charge in [-0.1, -0.05) is 23.7 Å². The van der Waals surface area contributed by atoms with Crippen LogP contribution in [0, 0.1) is 0 Å². The molecule has 4 rings (SSSR count). The van der Waals surface area contributed by atoms with Crippen LogP contribution in [0.15, 0.2) is 35.5 Å². The van der Waals surface area contributed by atoms with E-state index in [1.807, 2.05) is 12.1 Å². The van der Waals surface area contributed by atoms with E-state index in [9.17, 15) is 4.79 Å². The summed E-state index contributed by atoms with van der Waals surface area (Å²) >= 11 is 5.99. The van der Waals surface area contributed by atoms with Crippen LogP contribution in [0.3, 0.4) is 0 Å². The Morgan fingerprint density at radius 2 is 2.00 bits per heavy atom. The van der Waals surface area contributed by atoms with Crippen LogP contribution in [0.5, 0.6) is 0 Å². The molecule has 2 N–H and O–H groups in total. The molecule has 1 aliphatic carbocycles. The summed E-state index contributed by atoms with van der Waals surface area (Å²) in [7, 11) is 0. The number of nitrogens with zero attached hydrogens (tertiary/aromatic N) is 1. The molecule has 4 nitrogen and oxygen atoms in total. The zero-order valence-corrected chi connectivity index (χ0v) is 12.7. The Balaban J connectivity index is 1.70. The highest BCUT2D eigenvalue weighted by Gasteiger charge is 2.47. The van der Waals surface area contributed by atoms with Crippen LogP contribution in [0.25, 0.3) is 0 Å². The van der Waals surface area contributed by atoms with E-state index in [2.05, 4.69) is 29.8 Å². The molecule has 1 amide bonds. The predicted molar refractivity (Wildman–Crippen MR) is 81.4 cm³/mol. The van der Waals surface area contributed by atoms with Gasteiger partial charge in [0.2, 0.25) is 0 Å². The average Bonchev–Trinajstić information content (AvgIpc) is 3.05. The van der Waals surface area contributed by atoms with Gasteiger partial charge in [-0.3, -0.25) is 9.80 Å². The lowest BCUT2D eigenvalue weighted by molar-refractivity contribution is -0.132. The van der Waals surface area contributed by atoms with Crippen LogP contribution in [0.1, 0.15) is 37.7 Å². The number of hydrogen-bond donors (Lipinski definition) is 2. The van der Waals surface area contributed by atoms with Crippen LogP contribution in [-0.4, -0.2) is 23.1 Å². The van der Waals surface area contributed by atoms with Crippen LogP contribution in [0.2, 0.25) is 5.02 Å². The van der Waals surface area contributed by atoms with Gasteiger partial charge in [0.1, 0.15) is 6.17 Å². The van der Waals surface area contributed by atoms with Crippen LogP contribution >= 0.6 is 11.6 Å². The smallest absolute Gasteiger partial charge is 0.267 e. The first-order chi connectivity index (χ1) is 10.1. The molecule has 0 bridgehead atoms. The highest BCUT2D eigenvalue weighted by Crippen LogP contribution is 2.38. The number of allylic oxidation sites excluding steroid dienone is 1. The number of halogens is 1. The Hall–Kier alpha value is -1.52. The number of hydrazine groups is 1. The summed E-state index contributed by atoms with van der Waals surface area (Å²) in [5.41, 5.74) is 6.65. The van der Waals surface area contributed by atoms with E-state index >= 15 is 0 Å². The molecule has 1 aromatic carbocycles. The molecule has 21 heavy (non-hydrogen) atoms. The first-order valence-electron chi connectivity index (χ1n) is 7.49. The number of hydrogen-bond acceptors (Lipinski definition) is 3. The summed E-state index contributed by atoms with van der Waals surface area (Å²) < 4.78 is 0. The van der Waals surface area contributed by atoms with Crippen molar-refractivity contribution in [1.29, 1.82) is 0 Å². The summed E-state index contributed by atoms with van der Waals surface area (Å²) in [6.45, 7) is 2.12. The van der Waals surface area contributed by atoms with Gasteiger partial charge in [0, 0.05) is 28.3 Å². The molecule has 5 heteroatoms. The molecular formula is C16H18ClN3O. The lowest BCUT2D eigenvalue weighted by atomic mass is 9.90. The van der Waals surface area contributed by atoms with Crippen molar-refractivity contribution in [2.24, 2.45) is 0 Å². The van der Waals surface area contributed by atoms with Gasteiger partial charge < -0.3 is 5.32 Å². The van der Waals surface area contributed by atoms with Crippen molar-refractivity contribution in [1.82, 2.24) is 15.8 Å². The molecule has 3 unspecified atom stereocenters. The number of nitrogens with one attached hydrogen (secondary N) is 2. The molecule has 2 heterocycles. The molecule has 0 radical (unpaired) electrons. The first-order valence-corrected chi connectivity index (χ1v) is 7.86. The van der Waals surface area contributed by atoms with Gasteiger partial charge in [0.05, 0.1) is 0 Å². The largest absolute Gasteiger partial charge is 0.366 e. The van der Waals surface area contributed by atoms with Gasteiger partial charge in [-0.2, -0.15) is 0 Å². The van der Waals surface area contributed by atoms with E-state index < -0.39 is 0 Å². The second-order valence-corrected chi connectivity index (χ2v) is 6.51. The molecular weight excluding hydrogens is 286 g/mol. The SMILES string of the molecule is CC1NN2C(=O)C3=C(CCC3)NC2C1c1ccc(Cl)cc1. The highest BCUT2D eigenvalue weighted by molar-refractivity contribution is 6.30. The quantitative estimate of drug-likeness (QED) is 0.838. The Morgan fingerprint density at radius 1 is 1.24 bits per heavy atom. The Morgan fingerprint density at radius 3 is 2.76 bits per heavy atom. The minimum atomic E-state index is -0.00877. The van der Waals surface area contributed by atoms with E-state index in [0.717, 1.165) is 35.6 Å². The lowest BCUT2D eigenvalue weighted by Crippen LogP contribution is -2.54. The maximum atomic E-state index is 12.6. The average molecular weight is 304 g/mol. The third kappa shape index (κ3) is 1.97. The molecule has 0 saturated carbocycles. The third-order valence-electron chi connectivity index (χ3n) is 4.77. The van der Waals surface area contributed by atoms with E-state index in [1.54, 1.807) is 5.01 Å². The zero-order valence-electron chi connectivity index (χ0n) is 11.9. The number of carbonyl (C=O) groups is 1. The normalized spacial score (nSPS) is 31.2. The Kier molecular flexibility index (Phi) is 2.98. The fourth-order valence-corrected chi connectivity index (χ4v) is 3.90. The van der Waals surface area contributed by atoms with E-state index in [-0.39, 0.29) is 24.0 Å². The van der Waals surface area contributed by atoms with Gasteiger partial charge in [-0.25, -0.2) is 5.43 Å². The van der Waals surface area contributed by atoms with Crippen molar-refractivity contribution in [3.8, 4) is 0 Å². The maximum absolute atomic E-state index is 12.6. The molecule has 1 fully saturated rings. The topological polar surface area (TPSA) is 44.4 Å². The molecule has 1 aromatic rings. The summed E-state index contributed by atoms with van der Waals surface area (Å²) in [6.07, 6.45) is 2.95. The zero-order chi connectivity index (χ0) is 14.6. The van der Waals surface area contributed by atoms with Gasteiger partial charge >= 0.3 is 0 Å². The number of fused-ring (bicyclic) bond motifs is 1. The molecule has 3 aliphatic rings. The van der Waals surface area contributed by atoms with Crippen molar-refractivity contribution in [3.63, 3.8) is 0 Å². The van der Waals surface area contributed by atoms with Gasteiger partial charge in [-0.15, -0.1) is 0 Å². The molecule has 2 aliphatic heterocycles. The standard InChI is InChI=1S/C16H18ClN3O/c1-9-14(10-5-7-11(17)8-6-10)15-18-13-4-2-3-12(13)16(21)20(15)19-9/h5-9,14-15,18-19H,2-4H2,1H3. The fraction of sp³-hybridized carbons (Fsp3) is 0.438. The minimum absolute atomic E-state index is 0.00877. The third-order valence-corrected chi connectivity index (χ3v) is 5.02. The van der Waals surface area contributed by atoms with Crippen LogP contribution in [0.4, 0.5) is 0 Å². The van der Waals surface area contributed by atoms with E-state index in [1.165, 1.54) is 5.56 Å². The van der Waals surface area contributed by atoms with Crippen molar-refractivity contribution in [2.75, 3.05) is 0 Å². The number of rotatable bonds is 1. The maximum Gasteiger partial charge on any atom is 0.267 e. The minimum Gasteiger partial charge on any atom is -0.366 e. The van der Waals surface area contributed by atoms with E-state index in [4.69, 9.17) is 11.6 Å². The first kappa shape index (κ1) is 13.2. The van der Waals surface area contributed by atoms with Crippen molar-refractivity contribution in [3.05, 3.63) is 46.1 Å². The number of benzene rings is 1. The molecule has 0 aromatic heterocycles. The van der Waals surface area contributed by atoms with Crippen molar-refractivity contribution in [2.45, 2.75) is 44.3 Å². The van der Waals surface area contributed by atoms with E-state index in [0.29, 0.717) is 0 Å². The van der Waals surface area contributed by atoms with Crippen molar-refractivity contribution < 1.29 is 4.79 Å². The molecule has 110 valence electrons. The lowest BCUT2D eigenvalue weighted by Gasteiger charge is -2.34. The second-order valence-electron chi connectivity index (χ2n) is 6.07. The fourth-order valence-electron chi connectivity index (χ4n) is 3.77. The Labute approximate surface area is 129 Å².